The zero-order valence-corrected chi connectivity index (χ0v) is 21.5. The molecule has 3 heteroatoms. The summed E-state index contributed by atoms with van der Waals surface area (Å²) in [5.74, 6) is 0. The van der Waals surface area contributed by atoms with Crippen LogP contribution in [0.4, 0.5) is 0 Å². The summed E-state index contributed by atoms with van der Waals surface area (Å²) in [6, 6.07) is 23.4. The lowest BCUT2D eigenvalue weighted by molar-refractivity contribution is 0.481. The summed E-state index contributed by atoms with van der Waals surface area (Å²) in [6.07, 6.45) is 17.9. The average molecular weight is 466 g/mol. The van der Waals surface area contributed by atoms with Crippen molar-refractivity contribution in [2.45, 2.75) is 93.6 Å². The van der Waals surface area contributed by atoms with Crippen molar-refractivity contribution in [3.05, 3.63) is 60.7 Å². The molecule has 3 aliphatic rings. The molecule has 5 rings (SSSR count). The predicted octanol–water partition coefficient (Wildman–Crippen LogP) is 7.00. The summed E-state index contributed by atoms with van der Waals surface area (Å²) < 4.78 is 0. The normalized spacial score (nSPS) is 25.6. The van der Waals surface area contributed by atoms with Crippen molar-refractivity contribution in [2.75, 3.05) is 12.7 Å². The summed E-state index contributed by atoms with van der Waals surface area (Å²) in [5.41, 5.74) is 3.14. The van der Waals surface area contributed by atoms with Crippen molar-refractivity contribution >= 4 is 26.5 Å². The van der Waals surface area contributed by atoms with E-state index >= 15 is 0 Å². The maximum atomic E-state index is 4.07. The molecule has 32 heavy (non-hydrogen) atoms. The summed E-state index contributed by atoms with van der Waals surface area (Å²) in [4.78, 5) is 0. The molecular formula is C29H41NP2. The lowest BCUT2D eigenvalue weighted by atomic mass is 9.99. The molecule has 0 aromatic heterocycles. The summed E-state index contributed by atoms with van der Waals surface area (Å²) in [6.45, 7) is 1.30. The fourth-order valence-electron chi connectivity index (χ4n) is 6.61. The second-order valence-electron chi connectivity index (χ2n) is 10.3. The van der Waals surface area contributed by atoms with E-state index in [1.165, 1.54) is 57.7 Å². The molecule has 0 radical (unpaired) electrons. The van der Waals surface area contributed by atoms with Gasteiger partial charge in [0.1, 0.15) is 0 Å². The first kappa shape index (κ1) is 23.0. The third kappa shape index (κ3) is 5.66. The largest absolute Gasteiger partial charge is 0.313 e. The molecule has 3 fully saturated rings. The molecule has 0 unspecified atom stereocenters. The molecule has 0 amide bonds. The summed E-state index contributed by atoms with van der Waals surface area (Å²) in [7, 11) is -0.0980. The van der Waals surface area contributed by atoms with Gasteiger partial charge in [-0.3, -0.25) is 0 Å². The minimum Gasteiger partial charge on any atom is -0.313 e. The Hall–Kier alpha value is -0.740. The van der Waals surface area contributed by atoms with Gasteiger partial charge in [-0.1, -0.05) is 107 Å². The van der Waals surface area contributed by atoms with Gasteiger partial charge in [0, 0.05) is 12.6 Å². The minimum absolute atomic E-state index is 0.186. The van der Waals surface area contributed by atoms with Crippen LogP contribution >= 0.6 is 15.8 Å². The lowest BCUT2D eigenvalue weighted by Gasteiger charge is -2.42. The van der Waals surface area contributed by atoms with Crippen LogP contribution in [0.3, 0.4) is 0 Å². The monoisotopic (exact) mass is 465 g/mol. The highest BCUT2D eigenvalue weighted by molar-refractivity contribution is 7.73. The van der Waals surface area contributed by atoms with E-state index in [0.29, 0.717) is 6.04 Å². The van der Waals surface area contributed by atoms with Gasteiger partial charge in [-0.2, -0.15) is 0 Å². The van der Waals surface area contributed by atoms with Gasteiger partial charge in [0.05, 0.1) is 0 Å². The Morgan fingerprint density at radius 2 is 1.12 bits per heavy atom. The van der Waals surface area contributed by atoms with E-state index in [4.69, 9.17) is 0 Å². The lowest BCUT2D eigenvalue weighted by Crippen LogP contribution is -2.29. The molecule has 1 heterocycles. The molecule has 0 bridgehead atoms. The van der Waals surface area contributed by atoms with Crippen LogP contribution in [0.2, 0.25) is 0 Å². The van der Waals surface area contributed by atoms with Gasteiger partial charge in [-0.15, -0.1) is 0 Å². The van der Waals surface area contributed by atoms with Crippen molar-refractivity contribution in [1.82, 2.24) is 5.32 Å². The van der Waals surface area contributed by atoms with Gasteiger partial charge < -0.3 is 5.32 Å². The second kappa shape index (κ2) is 11.6. The highest BCUT2D eigenvalue weighted by Gasteiger charge is 2.40. The average Bonchev–Trinajstić information content (AvgIpc) is 3.33. The van der Waals surface area contributed by atoms with Crippen LogP contribution in [0.25, 0.3) is 0 Å². The Kier molecular flexibility index (Phi) is 8.35. The molecule has 1 N–H and O–H groups in total. The molecule has 0 spiro atoms. The Balaban J connectivity index is 1.31. The molecule has 1 saturated heterocycles. The van der Waals surface area contributed by atoms with Crippen molar-refractivity contribution in [1.29, 1.82) is 0 Å². The van der Waals surface area contributed by atoms with Gasteiger partial charge in [-0.05, 0) is 73.8 Å². The number of nitrogens with one attached hydrogen (secondary N) is 1. The van der Waals surface area contributed by atoms with E-state index in [0.717, 1.165) is 17.0 Å². The number of benzene rings is 2. The fraction of sp³-hybridized carbons (Fsp3) is 0.586. The standard InChI is InChI=1S/C29H41NP2/c1-5-13-25(14-6-1)31(26-15-7-2-8-16-26)23-24-21-29(22-30-24)32(27-17-9-3-10-18-27)28-19-11-4-12-20-28/h1-2,5-8,13-16,24,27-30H,3-4,9-12,17-23H2/t24-,29-/m1/s1. The van der Waals surface area contributed by atoms with Crippen LogP contribution in [-0.4, -0.2) is 35.7 Å². The Morgan fingerprint density at radius 1 is 0.625 bits per heavy atom. The van der Waals surface area contributed by atoms with Crippen LogP contribution in [0.5, 0.6) is 0 Å². The Bertz CT molecular complexity index is 741. The second-order valence-corrected chi connectivity index (χ2v) is 15.6. The molecular weight excluding hydrogens is 424 g/mol. The molecule has 2 aromatic rings. The topological polar surface area (TPSA) is 12.0 Å². The van der Waals surface area contributed by atoms with E-state index in [-0.39, 0.29) is 15.8 Å². The smallest absolute Gasteiger partial charge is 0.0119 e. The van der Waals surface area contributed by atoms with E-state index in [1.54, 1.807) is 36.3 Å². The van der Waals surface area contributed by atoms with Crippen LogP contribution in [0.1, 0.15) is 70.6 Å². The van der Waals surface area contributed by atoms with Crippen molar-refractivity contribution in [3.63, 3.8) is 0 Å². The minimum atomic E-state index is -0.284. The molecule has 2 aliphatic carbocycles. The quantitative estimate of drug-likeness (QED) is 0.434. The highest BCUT2D eigenvalue weighted by atomic mass is 31.1. The van der Waals surface area contributed by atoms with Crippen LogP contribution < -0.4 is 15.9 Å². The van der Waals surface area contributed by atoms with Crippen LogP contribution in [-0.2, 0) is 0 Å². The van der Waals surface area contributed by atoms with Gasteiger partial charge in [0.2, 0.25) is 0 Å². The molecule has 2 aromatic carbocycles. The van der Waals surface area contributed by atoms with Crippen molar-refractivity contribution in [3.8, 4) is 0 Å². The van der Waals surface area contributed by atoms with E-state index < -0.39 is 0 Å². The first-order valence-electron chi connectivity index (χ1n) is 13.3. The number of rotatable bonds is 7. The zero-order chi connectivity index (χ0) is 21.6. The van der Waals surface area contributed by atoms with Gasteiger partial charge >= 0.3 is 0 Å². The summed E-state index contributed by atoms with van der Waals surface area (Å²) >= 11 is 0. The highest BCUT2D eigenvalue weighted by Crippen LogP contribution is 2.60. The van der Waals surface area contributed by atoms with Crippen LogP contribution in [0.15, 0.2) is 60.7 Å². The first-order valence-corrected chi connectivity index (χ1v) is 16.3. The first-order chi connectivity index (χ1) is 15.9. The van der Waals surface area contributed by atoms with Crippen molar-refractivity contribution in [2.24, 2.45) is 0 Å². The third-order valence-electron chi connectivity index (χ3n) is 8.15. The van der Waals surface area contributed by atoms with E-state index in [9.17, 15) is 0 Å². The molecule has 1 aliphatic heterocycles. The SMILES string of the molecule is c1ccc(P(C[C@H]2C[C@@H](P(C3CCCCC3)C3CCCCC3)CN2)c2ccccc2)cc1. The molecule has 2 atom stereocenters. The molecule has 2 saturated carbocycles. The van der Waals surface area contributed by atoms with E-state index in [1.807, 2.05) is 0 Å². The van der Waals surface area contributed by atoms with E-state index in [2.05, 4.69) is 66.0 Å². The van der Waals surface area contributed by atoms with Crippen LogP contribution in [0, 0.1) is 0 Å². The molecule has 1 nitrogen and oxygen atoms in total. The fourth-order valence-corrected chi connectivity index (χ4v) is 13.6. The Morgan fingerprint density at radius 3 is 1.62 bits per heavy atom. The van der Waals surface area contributed by atoms with Gasteiger partial charge in [0.15, 0.2) is 0 Å². The maximum absolute atomic E-state index is 4.07. The zero-order valence-electron chi connectivity index (χ0n) is 19.7. The third-order valence-corrected chi connectivity index (χ3v) is 14.8. The number of hydrogen-bond acceptors (Lipinski definition) is 1. The van der Waals surface area contributed by atoms with Crippen molar-refractivity contribution < 1.29 is 0 Å². The Labute approximate surface area is 198 Å². The van der Waals surface area contributed by atoms with Gasteiger partial charge in [-0.25, -0.2) is 0 Å². The maximum Gasteiger partial charge on any atom is 0.0119 e. The number of hydrogen-bond donors (Lipinski definition) is 1. The molecule has 172 valence electrons. The predicted molar refractivity (Wildman–Crippen MR) is 145 cm³/mol. The summed E-state index contributed by atoms with van der Waals surface area (Å²) in [5, 5.41) is 7.15. The van der Waals surface area contributed by atoms with Gasteiger partial charge in [0.25, 0.3) is 0 Å².